The molecule has 0 radical (unpaired) electrons. The molecule has 8 rings (SSSR count). The number of anilines is 4. The van der Waals surface area contributed by atoms with Gasteiger partial charge in [-0.25, -0.2) is 0 Å². The van der Waals surface area contributed by atoms with Crippen molar-refractivity contribution in [2.75, 3.05) is 126 Å². The first-order valence-corrected chi connectivity index (χ1v) is 24.6. The average Bonchev–Trinajstić information content (AvgIpc) is 3.35. The van der Waals surface area contributed by atoms with Crippen LogP contribution in [0, 0.1) is 6.92 Å². The normalized spacial score (nSPS) is 16.9. The first-order chi connectivity index (χ1) is 34.1. The Morgan fingerprint density at radius 2 is 1.23 bits per heavy atom. The van der Waals surface area contributed by atoms with Crippen LogP contribution in [0.4, 0.5) is 23.0 Å². The lowest BCUT2D eigenvalue weighted by molar-refractivity contribution is -0.127. The first-order valence-electron chi connectivity index (χ1n) is 24.6. The van der Waals surface area contributed by atoms with E-state index in [9.17, 15) is 19.8 Å². The van der Waals surface area contributed by atoms with Crippen LogP contribution in [0.15, 0.2) is 55.6 Å². The molecule has 380 valence electrons. The van der Waals surface area contributed by atoms with Crippen LogP contribution in [-0.4, -0.2) is 181 Å². The molecule has 4 aromatic rings. The number of methoxy groups -OCH3 is 1. The van der Waals surface area contributed by atoms with Gasteiger partial charge < -0.3 is 58.7 Å². The predicted molar refractivity (Wildman–Crippen MR) is 274 cm³/mol. The number of hydrogen-bond donors (Lipinski definition) is 2. The monoisotopic (exact) mass is 975 g/mol. The van der Waals surface area contributed by atoms with Crippen LogP contribution in [0.1, 0.15) is 47.5 Å². The largest absolute Gasteiger partial charge is 0.508 e. The van der Waals surface area contributed by atoms with Crippen LogP contribution in [-0.2, 0) is 42.1 Å². The minimum Gasteiger partial charge on any atom is -0.508 e. The zero-order chi connectivity index (χ0) is 50.5. The third-order valence-electron chi connectivity index (χ3n) is 13.7. The molecule has 2 amide bonds. The number of benzene rings is 2. The Bertz CT molecular complexity index is 2600. The number of aromatic hydroxyl groups is 2. The Hall–Kier alpha value is -6.86. The number of fused-ring (bicyclic) bond motifs is 2. The van der Waals surface area contributed by atoms with Crippen LogP contribution >= 0.6 is 0 Å². The van der Waals surface area contributed by atoms with Crippen LogP contribution in [0.25, 0.3) is 0 Å². The fourth-order valence-corrected chi connectivity index (χ4v) is 10.3. The number of phenols is 2. The maximum Gasteiger partial charge on any atom is 0.318 e. The van der Waals surface area contributed by atoms with Gasteiger partial charge in [0.2, 0.25) is 11.8 Å². The minimum absolute atomic E-state index is 0.0687. The van der Waals surface area contributed by atoms with E-state index in [0.717, 1.165) is 56.7 Å². The highest BCUT2D eigenvalue weighted by Gasteiger charge is 2.33. The van der Waals surface area contributed by atoms with Gasteiger partial charge >= 0.3 is 12.0 Å². The second-order valence-electron chi connectivity index (χ2n) is 19.3. The molecule has 0 bridgehead atoms. The topological polar surface area (TPSA) is 180 Å². The third kappa shape index (κ3) is 11.5. The van der Waals surface area contributed by atoms with Crippen molar-refractivity contribution in [3.63, 3.8) is 0 Å². The van der Waals surface area contributed by atoms with Gasteiger partial charge in [-0.15, -0.1) is 0 Å². The SMILES string of the molecule is C=CC(=O)N1CCN(c2nc(O[C@H](C)CN(C)C)nc3c2CCN(c2c(C)ccc(CN(C)C[C@@H](C)Oc4nc5c(c(N6CCN(C(=O)C=C)CC6)n4)CCN(c4cc(O)ccc4OC)C5)c2O)C3)CC1. The van der Waals surface area contributed by atoms with Gasteiger partial charge in [0.05, 0.1) is 43.0 Å². The number of hydrogen-bond acceptors (Lipinski definition) is 17. The fourth-order valence-electron chi connectivity index (χ4n) is 10.3. The second-order valence-corrected chi connectivity index (χ2v) is 19.3. The second kappa shape index (κ2) is 22.1. The number of piperazine rings is 2. The van der Waals surface area contributed by atoms with Gasteiger partial charge in [0.15, 0.2) is 0 Å². The smallest absolute Gasteiger partial charge is 0.318 e. The van der Waals surface area contributed by atoms with Gasteiger partial charge in [-0.2, -0.15) is 19.9 Å². The molecule has 0 saturated carbocycles. The van der Waals surface area contributed by atoms with Crippen molar-refractivity contribution < 1.29 is 34.0 Å². The molecule has 2 aromatic carbocycles. The van der Waals surface area contributed by atoms with Crippen LogP contribution in [0.2, 0.25) is 0 Å². The number of rotatable bonds is 17. The maximum absolute atomic E-state index is 12.4. The summed E-state index contributed by atoms with van der Waals surface area (Å²) in [7, 11) is 7.63. The summed E-state index contributed by atoms with van der Waals surface area (Å²) in [5.41, 5.74) is 7.07. The Balaban J connectivity index is 0.985. The number of ether oxygens (including phenoxy) is 3. The molecule has 19 heteroatoms. The Morgan fingerprint density at radius 1 is 0.704 bits per heavy atom. The molecule has 0 spiro atoms. The molecular weight excluding hydrogens is 905 g/mol. The number of nitrogens with zero attached hydrogens (tertiary/aromatic N) is 12. The summed E-state index contributed by atoms with van der Waals surface area (Å²) in [6.45, 7) is 22.0. The number of carbonyl (C=O) groups is 2. The molecular formula is C52H70N12O7. The summed E-state index contributed by atoms with van der Waals surface area (Å²) >= 11 is 0. The van der Waals surface area contributed by atoms with E-state index >= 15 is 0 Å². The molecule has 6 heterocycles. The summed E-state index contributed by atoms with van der Waals surface area (Å²) in [6, 6.07) is 9.71. The number of phenolic OH excluding ortho intramolecular Hbond substituents is 2. The van der Waals surface area contributed by atoms with Gasteiger partial charge in [0.1, 0.15) is 41.1 Å². The first kappa shape index (κ1) is 50.5. The number of carbonyl (C=O) groups excluding carboxylic acids is 2. The van der Waals surface area contributed by atoms with E-state index in [1.54, 1.807) is 30.2 Å². The van der Waals surface area contributed by atoms with Crippen LogP contribution in [0.5, 0.6) is 29.3 Å². The molecule has 0 aliphatic carbocycles. The maximum atomic E-state index is 12.4. The van der Waals surface area contributed by atoms with Crippen molar-refractivity contribution in [2.45, 2.75) is 65.5 Å². The molecule has 2 saturated heterocycles. The summed E-state index contributed by atoms with van der Waals surface area (Å²) in [4.78, 5) is 61.4. The standard InChI is InChI=1S/C52H70N12O7/c1-10-45(66)59-20-24-61(25-21-59)49-39-16-18-63(43-28-38(65)14-15-44(43)69-9)32-41(39)53-52(56-49)71-36(5)30-58(8)31-37-13-12-34(3)47(48(37)68)64-19-17-40-42(33-64)54-51(70-35(4)29-57(6)7)55-50(40)62-26-22-60(23-27-62)46(67)11-2/h10-15,28,35-36,65,68H,1-2,16-27,29-33H2,3-9H3/t35-,36-/m1/s1. The highest BCUT2D eigenvalue weighted by Crippen LogP contribution is 2.40. The van der Waals surface area contributed by atoms with E-state index in [0.29, 0.717) is 123 Å². The van der Waals surface area contributed by atoms with Crippen molar-refractivity contribution >= 4 is 34.8 Å². The zero-order valence-corrected chi connectivity index (χ0v) is 42.4. The fraction of sp³-hybridized carbons (Fsp3) is 0.500. The number of amides is 2. The van der Waals surface area contributed by atoms with Gasteiger partial charge in [0.25, 0.3) is 0 Å². The summed E-state index contributed by atoms with van der Waals surface area (Å²) < 4.78 is 18.6. The molecule has 19 nitrogen and oxygen atoms in total. The number of aryl methyl sites for hydroxylation is 1. The molecule has 4 aliphatic rings. The Kier molecular flexibility index (Phi) is 15.7. The van der Waals surface area contributed by atoms with Crippen molar-refractivity contribution in [3.05, 3.63) is 89.3 Å². The zero-order valence-electron chi connectivity index (χ0n) is 42.4. The highest BCUT2D eigenvalue weighted by atomic mass is 16.5. The molecule has 2 N–H and O–H groups in total. The molecule has 2 atom stereocenters. The Morgan fingerprint density at radius 3 is 1.75 bits per heavy atom. The minimum atomic E-state index is -0.333. The van der Waals surface area contributed by atoms with Gasteiger partial charge in [0, 0.05) is 108 Å². The lowest BCUT2D eigenvalue weighted by atomic mass is 10.0. The van der Waals surface area contributed by atoms with E-state index in [4.69, 9.17) is 34.1 Å². The van der Waals surface area contributed by atoms with Crippen LogP contribution in [0.3, 0.4) is 0 Å². The van der Waals surface area contributed by atoms with E-state index < -0.39 is 0 Å². The van der Waals surface area contributed by atoms with Crippen molar-refractivity contribution in [1.82, 2.24) is 39.5 Å². The number of aromatic nitrogens is 4. The van der Waals surface area contributed by atoms with Crippen molar-refractivity contribution in [3.8, 4) is 29.3 Å². The van der Waals surface area contributed by atoms with Gasteiger partial charge in [-0.3, -0.25) is 14.5 Å². The van der Waals surface area contributed by atoms with Crippen LogP contribution < -0.4 is 33.8 Å². The molecule has 2 aromatic heterocycles. The van der Waals surface area contributed by atoms with E-state index in [-0.39, 0.29) is 41.5 Å². The Labute approximate surface area is 417 Å². The van der Waals surface area contributed by atoms with Gasteiger partial charge in [-0.05, 0) is 84.6 Å². The lowest BCUT2D eigenvalue weighted by Gasteiger charge is -2.38. The lowest BCUT2D eigenvalue weighted by Crippen LogP contribution is -2.49. The van der Waals surface area contributed by atoms with E-state index in [1.165, 1.54) is 12.2 Å². The highest BCUT2D eigenvalue weighted by molar-refractivity contribution is 5.87. The summed E-state index contributed by atoms with van der Waals surface area (Å²) in [5, 5.41) is 22.5. The van der Waals surface area contributed by atoms with E-state index in [1.807, 2.05) is 52.9 Å². The molecule has 4 aliphatic heterocycles. The van der Waals surface area contributed by atoms with Gasteiger partial charge in [-0.1, -0.05) is 25.3 Å². The van der Waals surface area contributed by atoms with Crippen molar-refractivity contribution in [1.29, 1.82) is 0 Å². The summed E-state index contributed by atoms with van der Waals surface area (Å²) in [5.74, 6) is 2.53. The predicted octanol–water partition coefficient (Wildman–Crippen LogP) is 4.02. The van der Waals surface area contributed by atoms with E-state index in [2.05, 4.69) is 48.6 Å². The average molecular weight is 975 g/mol. The van der Waals surface area contributed by atoms with Crippen molar-refractivity contribution in [2.24, 2.45) is 0 Å². The molecule has 71 heavy (non-hydrogen) atoms. The summed E-state index contributed by atoms with van der Waals surface area (Å²) in [6.07, 6.45) is 3.58. The number of likely N-dealkylation sites (N-methyl/N-ethyl adjacent to an activating group) is 2. The molecule has 2 fully saturated rings. The molecule has 0 unspecified atom stereocenters. The third-order valence-corrected chi connectivity index (χ3v) is 13.7. The quantitative estimate of drug-likeness (QED) is 0.145.